The van der Waals surface area contributed by atoms with Crippen molar-refractivity contribution in [3.63, 3.8) is 0 Å². The van der Waals surface area contributed by atoms with Crippen molar-refractivity contribution in [1.29, 1.82) is 0 Å². The summed E-state index contributed by atoms with van der Waals surface area (Å²) in [5.41, 5.74) is 10.4. The lowest BCUT2D eigenvalue weighted by molar-refractivity contribution is 0.646. The topological polar surface area (TPSA) is 127 Å². The monoisotopic (exact) mass is 475 g/mol. The zero-order chi connectivity index (χ0) is 24.0. The summed E-state index contributed by atoms with van der Waals surface area (Å²) in [6.45, 7) is 4.42. The average molecular weight is 476 g/mol. The molecule has 0 saturated carbocycles. The number of allylic oxidation sites excluding steroid dienone is 3. The van der Waals surface area contributed by atoms with Gasteiger partial charge in [0.05, 0.1) is 28.3 Å². The molecule has 10 heteroatoms. The second-order valence-electron chi connectivity index (χ2n) is 8.30. The van der Waals surface area contributed by atoms with Crippen molar-refractivity contribution in [2.24, 2.45) is 12.8 Å². The number of hydrogen-bond donors (Lipinski definition) is 3. The summed E-state index contributed by atoms with van der Waals surface area (Å²) >= 11 is 1.57. The molecule has 0 saturated heterocycles. The second-order valence-corrected chi connectivity index (χ2v) is 9.39. The number of nitrogens with two attached hydrogens (primary N) is 1. The van der Waals surface area contributed by atoms with Crippen LogP contribution in [0.1, 0.15) is 30.8 Å². The number of thiazole rings is 1. The minimum absolute atomic E-state index is 0.195. The number of rotatable bonds is 6. The Hall–Kier alpha value is -3.92. The van der Waals surface area contributed by atoms with Crippen molar-refractivity contribution < 1.29 is 0 Å². The first-order valence-electron chi connectivity index (χ1n) is 11.0. The minimum Gasteiger partial charge on any atom is -0.405 e. The van der Waals surface area contributed by atoms with Crippen LogP contribution in [0.15, 0.2) is 57.4 Å². The van der Waals surface area contributed by atoms with Crippen LogP contribution in [0.5, 0.6) is 0 Å². The van der Waals surface area contributed by atoms with Gasteiger partial charge in [0.1, 0.15) is 10.5 Å². The predicted octanol–water partition coefficient (Wildman–Crippen LogP) is 3.30. The molecule has 0 aliphatic carbocycles. The summed E-state index contributed by atoms with van der Waals surface area (Å²) in [4.78, 5) is 30.4. The van der Waals surface area contributed by atoms with E-state index in [1.54, 1.807) is 23.7 Å². The molecule has 34 heavy (non-hydrogen) atoms. The van der Waals surface area contributed by atoms with Gasteiger partial charge in [0, 0.05) is 18.9 Å². The van der Waals surface area contributed by atoms with Gasteiger partial charge in [-0.15, -0.1) is 11.3 Å². The smallest absolute Gasteiger partial charge is 0.291 e. The Balaban J connectivity index is 1.58. The van der Waals surface area contributed by atoms with E-state index in [2.05, 4.69) is 29.1 Å². The normalized spacial score (nSPS) is 13.0. The van der Waals surface area contributed by atoms with E-state index in [0.29, 0.717) is 22.8 Å². The molecule has 0 bridgehead atoms. The molecule has 0 spiro atoms. The Morgan fingerprint density at radius 3 is 2.85 bits per heavy atom. The third-order valence-corrected chi connectivity index (χ3v) is 7.37. The first kappa shape index (κ1) is 21.9. The molecule has 0 aliphatic heterocycles. The summed E-state index contributed by atoms with van der Waals surface area (Å²) in [6, 6.07) is 5.49. The molecule has 1 aromatic carbocycles. The summed E-state index contributed by atoms with van der Waals surface area (Å²) < 4.78 is 4.17. The number of nitrogens with one attached hydrogen (secondary N) is 2. The van der Waals surface area contributed by atoms with Crippen molar-refractivity contribution >= 4 is 43.5 Å². The Kier molecular flexibility index (Phi) is 5.45. The molecule has 0 fully saturated rings. The maximum atomic E-state index is 13.4. The van der Waals surface area contributed by atoms with Gasteiger partial charge in [-0.3, -0.25) is 19.8 Å². The number of H-pyrrole nitrogens is 2. The van der Waals surface area contributed by atoms with Gasteiger partial charge in [-0.05, 0) is 42.8 Å². The second kappa shape index (κ2) is 8.45. The van der Waals surface area contributed by atoms with Crippen LogP contribution in [0.2, 0.25) is 0 Å². The van der Waals surface area contributed by atoms with Crippen molar-refractivity contribution in [2.75, 3.05) is 0 Å². The van der Waals surface area contributed by atoms with Crippen molar-refractivity contribution in [3.05, 3.63) is 79.1 Å². The Morgan fingerprint density at radius 2 is 2.09 bits per heavy atom. The van der Waals surface area contributed by atoms with Crippen molar-refractivity contribution in [1.82, 2.24) is 29.5 Å². The number of fused-ring (bicyclic) bond motifs is 4. The largest absolute Gasteiger partial charge is 0.405 e. The number of aryl methyl sites for hydroxylation is 1. The zero-order valence-electron chi connectivity index (χ0n) is 19.2. The van der Waals surface area contributed by atoms with Crippen LogP contribution in [0.3, 0.4) is 0 Å². The molecular weight excluding hydrogens is 450 g/mol. The lowest BCUT2D eigenvalue weighted by atomic mass is 10.0. The maximum absolute atomic E-state index is 13.4. The molecule has 5 aromatic rings. The van der Waals surface area contributed by atoms with Crippen LogP contribution in [0.25, 0.3) is 32.2 Å². The lowest BCUT2D eigenvalue weighted by Crippen LogP contribution is -2.25. The highest BCUT2D eigenvalue weighted by Crippen LogP contribution is 2.32. The third kappa shape index (κ3) is 3.47. The lowest BCUT2D eigenvalue weighted by Gasteiger charge is -2.07. The summed E-state index contributed by atoms with van der Waals surface area (Å²) in [6.07, 6.45) is 6.84. The Labute approximate surface area is 198 Å². The van der Waals surface area contributed by atoms with Crippen LogP contribution in [-0.2, 0) is 20.0 Å². The number of aromatic nitrogens is 6. The van der Waals surface area contributed by atoms with E-state index in [9.17, 15) is 9.59 Å². The SMILES string of the molecule is CC/C(C)=C(/C=C\N)Cc1nc2c(s1)c1cnn(Cc3cccc4[nH][nH]c(=O)c34)c(=O)c1n2C. The maximum Gasteiger partial charge on any atom is 0.291 e. The number of aromatic amines is 2. The molecule has 0 aliphatic rings. The van der Waals surface area contributed by atoms with E-state index >= 15 is 0 Å². The Bertz CT molecular complexity index is 1730. The highest BCUT2D eigenvalue weighted by atomic mass is 32.1. The highest BCUT2D eigenvalue weighted by Gasteiger charge is 2.19. The van der Waals surface area contributed by atoms with Crippen molar-refractivity contribution in [3.8, 4) is 0 Å². The van der Waals surface area contributed by atoms with Crippen LogP contribution in [0.4, 0.5) is 0 Å². The van der Waals surface area contributed by atoms with E-state index in [-0.39, 0.29) is 17.7 Å². The van der Waals surface area contributed by atoms with Crippen LogP contribution < -0.4 is 16.9 Å². The van der Waals surface area contributed by atoms with E-state index in [0.717, 1.165) is 38.3 Å². The molecule has 4 N–H and O–H groups in total. The molecule has 4 aromatic heterocycles. The van der Waals surface area contributed by atoms with E-state index in [1.165, 1.54) is 10.3 Å². The molecule has 0 amide bonds. The van der Waals surface area contributed by atoms with E-state index in [1.807, 2.05) is 35.9 Å². The van der Waals surface area contributed by atoms with Gasteiger partial charge in [0.25, 0.3) is 11.1 Å². The number of nitrogens with zero attached hydrogens (tertiary/aromatic N) is 4. The van der Waals surface area contributed by atoms with Gasteiger partial charge in [0.2, 0.25) is 0 Å². The van der Waals surface area contributed by atoms with Crippen LogP contribution >= 0.6 is 11.3 Å². The van der Waals surface area contributed by atoms with Crippen molar-refractivity contribution in [2.45, 2.75) is 33.2 Å². The first-order valence-corrected chi connectivity index (χ1v) is 11.8. The number of benzene rings is 1. The van der Waals surface area contributed by atoms with Gasteiger partial charge in [-0.25, -0.2) is 9.67 Å². The zero-order valence-corrected chi connectivity index (χ0v) is 20.0. The van der Waals surface area contributed by atoms with E-state index < -0.39 is 0 Å². The fraction of sp³-hybridized carbons (Fsp3) is 0.250. The Morgan fingerprint density at radius 1 is 1.26 bits per heavy atom. The number of hydrogen-bond acceptors (Lipinski definition) is 6. The van der Waals surface area contributed by atoms with Gasteiger partial charge in [0.15, 0.2) is 5.65 Å². The molecule has 174 valence electrons. The molecule has 0 unspecified atom stereocenters. The van der Waals surface area contributed by atoms with Crippen LogP contribution in [-0.4, -0.2) is 29.5 Å². The van der Waals surface area contributed by atoms with Gasteiger partial charge >= 0.3 is 0 Å². The average Bonchev–Trinajstić information content (AvgIpc) is 3.49. The fourth-order valence-electron chi connectivity index (χ4n) is 4.33. The molecule has 4 heterocycles. The predicted molar refractivity (Wildman–Crippen MR) is 136 cm³/mol. The molecule has 0 atom stereocenters. The van der Waals surface area contributed by atoms with Gasteiger partial charge in [-0.1, -0.05) is 24.6 Å². The quantitative estimate of drug-likeness (QED) is 0.325. The molecule has 0 radical (unpaired) electrons. The van der Waals surface area contributed by atoms with E-state index in [4.69, 9.17) is 10.7 Å². The summed E-state index contributed by atoms with van der Waals surface area (Å²) in [7, 11) is 1.85. The van der Waals surface area contributed by atoms with Gasteiger partial charge < -0.3 is 10.3 Å². The standard InChI is InChI=1S/C24H25N7O2S/c1-4-13(2)14(8-9-25)10-18-27-22-21(34-18)16-11-26-31(24(33)20(16)30(22)3)12-15-6-5-7-17-19(15)23(32)29-28-17/h5-9,11H,4,10,12,25H2,1-3H3,(H2,28,29,32)/b9-8-,14-13-. The first-order chi connectivity index (χ1) is 16.4. The third-order valence-electron chi connectivity index (χ3n) is 6.30. The van der Waals surface area contributed by atoms with Crippen LogP contribution in [0, 0.1) is 0 Å². The minimum atomic E-state index is -0.218. The molecule has 5 rings (SSSR count). The molecule has 9 nitrogen and oxygen atoms in total. The molecular formula is C24H25N7O2S. The summed E-state index contributed by atoms with van der Waals surface area (Å²) in [5.74, 6) is 0. The summed E-state index contributed by atoms with van der Waals surface area (Å²) in [5, 5.41) is 12.2. The highest BCUT2D eigenvalue weighted by molar-refractivity contribution is 7.19. The van der Waals surface area contributed by atoms with Gasteiger partial charge in [-0.2, -0.15) is 5.10 Å². The fourth-order valence-corrected chi connectivity index (χ4v) is 5.46.